The minimum absolute atomic E-state index is 0.197. The Morgan fingerprint density at radius 2 is 2.05 bits per heavy atom. The van der Waals surface area contributed by atoms with Crippen LogP contribution in [-0.4, -0.2) is 24.9 Å². The van der Waals surface area contributed by atoms with E-state index in [9.17, 15) is 9.59 Å². The van der Waals surface area contributed by atoms with Crippen LogP contribution < -0.4 is 15.1 Å². The lowest BCUT2D eigenvalue weighted by Crippen LogP contribution is -2.52. The number of nitrogens with one attached hydrogen (secondary N) is 1. The monoisotopic (exact) mass is 299 g/mol. The Morgan fingerprint density at radius 1 is 1.32 bits per heavy atom. The number of carbonyl (C=O) groups is 2. The highest BCUT2D eigenvalue weighted by Gasteiger charge is 2.40. The lowest BCUT2D eigenvalue weighted by molar-refractivity contribution is -0.134. The molecule has 0 bridgehead atoms. The molecule has 1 saturated heterocycles. The van der Waals surface area contributed by atoms with Crippen LogP contribution in [0.2, 0.25) is 0 Å². The number of piperidine rings is 1. The van der Waals surface area contributed by atoms with Crippen molar-refractivity contribution in [3.8, 4) is 0 Å². The number of para-hydroxylation sites is 1. The summed E-state index contributed by atoms with van der Waals surface area (Å²) in [5.41, 5.74) is 3.29. The molecule has 2 amide bonds. The minimum Gasteiger partial charge on any atom is -0.330 e. The van der Waals surface area contributed by atoms with Crippen LogP contribution in [0.25, 0.3) is 0 Å². The van der Waals surface area contributed by atoms with E-state index in [1.165, 1.54) is 5.56 Å². The zero-order valence-electron chi connectivity index (χ0n) is 13.2. The van der Waals surface area contributed by atoms with Gasteiger partial charge in [0.25, 0.3) is 0 Å². The Hall–Kier alpha value is -2.30. The maximum absolute atomic E-state index is 12.3. The first-order valence-corrected chi connectivity index (χ1v) is 7.60. The maximum atomic E-state index is 12.3. The molecule has 2 heterocycles. The average molecular weight is 299 g/mol. The number of imide groups is 1. The first-order valence-electron chi connectivity index (χ1n) is 7.60. The standard InChI is InChI=1S/C17H21N3O2/c1-10(2)12-6-5-7-13-16(12)20(11(3)19(13)4)14-8-9-15(21)18-17(14)22/h5-7,10,14H,3,8-9H2,1-2,4H3,(H,18,21,22). The summed E-state index contributed by atoms with van der Waals surface area (Å²) in [5, 5.41) is 2.44. The van der Waals surface area contributed by atoms with Crippen LogP contribution in [0, 0.1) is 0 Å². The highest BCUT2D eigenvalue weighted by Crippen LogP contribution is 2.46. The smallest absolute Gasteiger partial charge is 0.249 e. The maximum Gasteiger partial charge on any atom is 0.249 e. The molecule has 1 aromatic carbocycles. The van der Waals surface area contributed by atoms with E-state index in [-0.39, 0.29) is 17.9 Å². The van der Waals surface area contributed by atoms with Crippen LogP contribution in [0.3, 0.4) is 0 Å². The van der Waals surface area contributed by atoms with Crippen molar-refractivity contribution in [2.45, 2.75) is 38.6 Å². The first-order chi connectivity index (χ1) is 10.4. The molecule has 5 heteroatoms. The number of amides is 2. The van der Waals surface area contributed by atoms with Gasteiger partial charge in [0.15, 0.2) is 0 Å². The van der Waals surface area contributed by atoms with Crippen LogP contribution in [0.15, 0.2) is 30.6 Å². The van der Waals surface area contributed by atoms with Crippen molar-refractivity contribution >= 4 is 23.2 Å². The third-order valence-corrected chi connectivity index (χ3v) is 4.46. The second-order valence-corrected chi connectivity index (χ2v) is 6.18. The van der Waals surface area contributed by atoms with Gasteiger partial charge < -0.3 is 9.80 Å². The van der Waals surface area contributed by atoms with Gasteiger partial charge in [-0.15, -0.1) is 0 Å². The van der Waals surface area contributed by atoms with Crippen molar-refractivity contribution in [1.82, 2.24) is 5.32 Å². The van der Waals surface area contributed by atoms with Gasteiger partial charge in [-0.3, -0.25) is 14.9 Å². The van der Waals surface area contributed by atoms with Crippen molar-refractivity contribution in [2.75, 3.05) is 16.8 Å². The highest BCUT2D eigenvalue weighted by molar-refractivity contribution is 6.03. The Bertz CT molecular complexity index is 666. The molecular formula is C17H21N3O2. The fourth-order valence-corrected chi connectivity index (χ4v) is 3.24. The quantitative estimate of drug-likeness (QED) is 0.852. The van der Waals surface area contributed by atoms with E-state index >= 15 is 0 Å². The number of anilines is 2. The number of rotatable bonds is 2. The lowest BCUT2D eigenvalue weighted by atomic mass is 9.97. The third-order valence-electron chi connectivity index (χ3n) is 4.46. The molecule has 3 rings (SSSR count). The normalized spacial score (nSPS) is 21.5. The topological polar surface area (TPSA) is 52.6 Å². The van der Waals surface area contributed by atoms with Crippen molar-refractivity contribution in [3.05, 3.63) is 36.2 Å². The van der Waals surface area contributed by atoms with E-state index < -0.39 is 0 Å². The van der Waals surface area contributed by atoms with E-state index in [0.29, 0.717) is 18.8 Å². The van der Waals surface area contributed by atoms with Crippen LogP contribution in [0.5, 0.6) is 0 Å². The Kier molecular flexibility index (Phi) is 3.43. The van der Waals surface area contributed by atoms with E-state index in [1.54, 1.807) is 0 Å². The summed E-state index contributed by atoms with van der Waals surface area (Å²) in [6.45, 7) is 8.42. The van der Waals surface area contributed by atoms with Crippen LogP contribution in [0.4, 0.5) is 11.4 Å². The summed E-state index contributed by atoms with van der Waals surface area (Å²) in [4.78, 5) is 27.7. The number of benzene rings is 1. The highest BCUT2D eigenvalue weighted by atomic mass is 16.2. The second kappa shape index (κ2) is 5.16. The molecule has 116 valence electrons. The molecule has 0 radical (unpaired) electrons. The zero-order chi connectivity index (χ0) is 16.0. The van der Waals surface area contributed by atoms with Gasteiger partial charge >= 0.3 is 0 Å². The van der Waals surface area contributed by atoms with Gasteiger partial charge in [0, 0.05) is 13.5 Å². The van der Waals surface area contributed by atoms with E-state index in [0.717, 1.165) is 17.2 Å². The van der Waals surface area contributed by atoms with E-state index in [1.807, 2.05) is 29.0 Å². The Balaban J connectivity index is 2.09. The van der Waals surface area contributed by atoms with E-state index in [4.69, 9.17) is 0 Å². The molecule has 0 aliphatic carbocycles. The van der Waals surface area contributed by atoms with Gasteiger partial charge in [0.1, 0.15) is 11.9 Å². The summed E-state index contributed by atoms with van der Waals surface area (Å²) < 4.78 is 0. The van der Waals surface area contributed by atoms with Crippen molar-refractivity contribution in [1.29, 1.82) is 0 Å². The third kappa shape index (κ3) is 2.08. The average Bonchev–Trinajstić information content (AvgIpc) is 2.72. The first kappa shape index (κ1) is 14.6. The molecule has 0 spiro atoms. The number of fused-ring (bicyclic) bond motifs is 1. The summed E-state index contributed by atoms with van der Waals surface area (Å²) >= 11 is 0. The second-order valence-electron chi connectivity index (χ2n) is 6.18. The summed E-state index contributed by atoms with van der Waals surface area (Å²) in [6.07, 6.45) is 0.881. The molecule has 5 nitrogen and oxygen atoms in total. The molecule has 0 aromatic heterocycles. The lowest BCUT2D eigenvalue weighted by Gasteiger charge is -2.33. The van der Waals surface area contributed by atoms with Gasteiger partial charge in [0.2, 0.25) is 11.8 Å². The van der Waals surface area contributed by atoms with Crippen molar-refractivity contribution < 1.29 is 9.59 Å². The Labute approximate surface area is 130 Å². The fraction of sp³-hybridized carbons (Fsp3) is 0.412. The number of carbonyl (C=O) groups excluding carboxylic acids is 2. The van der Waals surface area contributed by atoms with E-state index in [2.05, 4.69) is 31.8 Å². The van der Waals surface area contributed by atoms with Gasteiger partial charge in [0.05, 0.1) is 11.4 Å². The largest absolute Gasteiger partial charge is 0.330 e. The molecule has 0 saturated carbocycles. The SMILES string of the molecule is C=C1N(C)c2cccc(C(C)C)c2N1C1CCC(=O)NC1=O. The zero-order valence-corrected chi connectivity index (χ0v) is 13.2. The summed E-state index contributed by atoms with van der Waals surface area (Å²) in [5.74, 6) is 0.677. The summed E-state index contributed by atoms with van der Waals surface area (Å²) in [6, 6.07) is 5.78. The van der Waals surface area contributed by atoms with Gasteiger partial charge in [-0.2, -0.15) is 0 Å². The fourth-order valence-electron chi connectivity index (χ4n) is 3.24. The number of hydrogen-bond acceptors (Lipinski definition) is 4. The van der Waals surface area contributed by atoms with Gasteiger partial charge in [-0.05, 0) is 24.0 Å². The van der Waals surface area contributed by atoms with Crippen LogP contribution >= 0.6 is 0 Å². The van der Waals surface area contributed by atoms with Crippen LogP contribution in [0.1, 0.15) is 38.2 Å². The van der Waals surface area contributed by atoms with Gasteiger partial charge in [-0.25, -0.2) is 0 Å². The molecule has 2 aliphatic heterocycles. The molecule has 1 fully saturated rings. The van der Waals surface area contributed by atoms with Crippen LogP contribution in [-0.2, 0) is 9.59 Å². The Morgan fingerprint density at radius 3 is 2.68 bits per heavy atom. The van der Waals surface area contributed by atoms with Crippen molar-refractivity contribution in [2.24, 2.45) is 0 Å². The molecule has 1 aromatic rings. The predicted molar refractivity (Wildman–Crippen MR) is 86.7 cm³/mol. The molecular weight excluding hydrogens is 278 g/mol. The summed E-state index contributed by atoms with van der Waals surface area (Å²) in [7, 11) is 1.96. The van der Waals surface area contributed by atoms with Crippen molar-refractivity contribution in [3.63, 3.8) is 0 Å². The predicted octanol–water partition coefficient (Wildman–Crippen LogP) is 2.34. The molecule has 22 heavy (non-hydrogen) atoms. The molecule has 1 atom stereocenters. The molecule has 1 N–H and O–H groups in total. The minimum atomic E-state index is -0.381. The molecule has 2 aliphatic rings. The molecule has 1 unspecified atom stereocenters. The number of hydrogen-bond donors (Lipinski definition) is 1. The van der Waals surface area contributed by atoms with Gasteiger partial charge in [-0.1, -0.05) is 32.6 Å². The number of nitrogens with zero attached hydrogens (tertiary/aromatic N) is 2.